The van der Waals surface area contributed by atoms with Gasteiger partial charge in [0, 0.05) is 17.5 Å². The summed E-state index contributed by atoms with van der Waals surface area (Å²) in [6.45, 7) is 3.89. The fraction of sp³-hybridized carbons (Fsp3) is 0.400. The predicted molar refractivity (Wildman–Crippen MR) is 83.5 cm³/mol. The van der Waals surface area contributed by atoms with E-state index in [4.69, 9.17) is 4.74 Å². The predicted octanol–water partition coefficient (Wildman–Crippen LogP) is 2.08. The van der Waals surface area contributed by atoms with E-state index in [-0.39, 0.29) is 21.9 Å². The molecule has 1 aromatic heterocycles. The van der Waals surface area contributed by atoms with Crippen LogP contribution >= 0.6 is 0 Å². The third-order valence-corrected chi connectivity index (χ3v) is 4.18. The van der Waals surface area contributed by atoms with Crippen molar-refractivity contribution in [1.82, 2.24) is 9.78 Å². The molecule has 0 spiro atoms. The van der Waals surface area contributed by atoms with Crippen molar-refractivity contribution in [2.45, 2.75) is 31.7 Å². The molecule has 0 amide bonds. The van der Waals surface area contributed by atoms with Gasteiger partial charge in [-0.05, 0) is 30.9 Å². The normalized spacial score (nSPS) is 18.8. The van der Waals surface area contributed by atoms with Crippen LogP contribution < -0.4 is 5.46 Å². The van der Waals surface area contributed by atoms with Gasteiger partial charge in [-0.2, -0.15) is 18.3 Å². The van der Waals surface area contributed by atoms with Gasteiger partial charge in [0.15, 0.2) is 6.23 Å². The van der Waals surface area contributed by atoms with Crippen molar-refractivity contribution in [2.75, 3.05) is 6.61 Å². The lowest BCUT2D eigenvalue weighted by atomic mass is 9.73. The SMILES string of the molecule is C=Cc1c(C(F)(F)F)cc2c(cnn2C2CCCCO2)c1B(O)O. The molecule has 1 atom stereocenters. The third-order valence-electron chi connectivity index (χ3n) is 4.18. The Morgan fingerprint density at radius 2 is 2.12 bits per heavy atom. The van der Waals surface area contributed by atoms with Crippen molar-refractivity contribution in [2.24, 2.45) is 0 Å². The van der Waals surface area contributed by atoms with Gasteiger partial charge in [0.25, 0.3) is 0 Å². The molecule has 2 aromatic rings. The van der Waals surface area contributed by atoms with Crippen molar-refractivity contribution >= 4 is 29.6 Å². The van der Waals surface area contributed by atoms with E-state index in [0.29, 0.717) is 13.0 Å². The van der Waals surface area contributed by atoms with E-state index in [9.17, 15) is 23.2 Å². The molecule has 24 heavy (non-hydrogen) atoms. The van der Waals surface area contributed by atoms with E-state index in [1.54, 1.807) is 0 Å². The minimum Gasteiger partial charge on any atom is -0.423 e. The lowest BCUT2D eigenvalue weighted by molar-refractivity contribution is -0.137. The van der Waals surface area contributed by atoms with Crippen LogP contribution in [0.2, 0.25) is 0 Å². The van der Waals surface area contributed by atoms with Gasteiger partial charge < -0.3 is 14.8 Å². The molecule has 0 bridgehead atoms. The first-order valence-electron chi connectivity index (χ1n) is 7.56. The molecule has 1 aromatic carbocycles. The Bertz CT molecular complexity index is 767. The summed E-state index contributed by atoms with van der Waals surface area (Å²) in [5.41, 5.74) is -1.43. The summed E-state index contributed by atoms with van der Waals surface area (Å²) in [6, 6.07) is 0.962. The maximum absolute atomic E-state index is 13.4. The molecule has 1 saturated heterocycles. The molecule has 1 aliphatic rings. The number of aromatic nitrogens is 2. The standard InChI is InChI=1S/C15H16BF3N2O3/c1-2-9-11(15(17,18)19)7-12-10(14(9)16(22)23)8-20-21(12)13-5-3-4-6-24-13/h2,7-8,13,22-23H,1,3-6H2. The fourth-order valence-corrected chi connectivity index (χ4v) is 3.11. The summed E-state index contributed by atoms with van der Waals surface area (Å²) in [4.78, 5) is 0. The number of ether oxygens (including phenoxy) is 1. The highest BCUT2D eigenvalue weighted by atomic mass is 19.4. The molecule has 0 aliphatic carbocycles. The van der Waals surface area contributed by atoms with Crippen LogP contribution in [0.3, 0.4) is 0 Å². The third kappa shape index (κ3) is 2.83. The van der Waals surface area contributed by atoms with Crippen LogP contribution in [-0.4, -0.2) is 33.6 Å². The van der Waals surface area contributed by atoms with Crippen LogP contribution in [0.4, 0.5) is 13.2 Å². The highest BCUT2D eigenvalue weighted by Crippen LogP contribution is 2.35. The molecule has 1 unspecified atom stereocenters. The summed E-state index contributed by atoms with van der Waals surface area (Å²) in [6.07, 6.45) is -0.401. The van der Waals surface area contributed by atoms with Crippen molar-refractivity contribution in [3.63, 3.8) is 0 Å². The largest absolute Gasteiger partial charge is 0.489 e. The highest BCUT2D eigenvalue weighted by molar-refractivity contribution is 6.63. The molecule has 1 aliphatic heterocycles. The second-order valence-corrected chi connectivity index (χ2v) is 5.67. The van der Waals surface area contributed by atoms with Gasteiger partial charge in [0.2, 0.25) is 0 Å². The van der Waals surface area contributed by atoms with Crippen LogP contribution in [0.1, 0.15) is 36.6 Å². The molecule has 2 N–H and O–H groups in total. The van der Waals surface area contributed by atoms with Crippen molar-refractivity contribution in [1.29, 1.82) is 0 Å². The topological polar surface area (TPSA) is 67.5 Å². The Morgan fingerprint density at radius 3 is 2.67 bits per heavy atom. The summed E-state index contributed by atoms with van der Waals surface area (Å²) in [5.74, 6) is 0. The molecule has 1 fully saturated rings. The quantitative estimate of drug-likeness (QED) is 0.840. The molecule has 3 rings (SSSR count). The number of benzene rings is 1. The molecule has 9 heteroatoms. The zero-order valence-electron chi connectivity index (χ0n) is 12.8. The highest BCUT2D eigenvalue weighted by Gasteiger charge is 2.37. The molecule has 5 nitrogen and oxygen atoms in total. The average molecular weight is 340 g/mol. The smallest absolute Gasteiger partial charge is 0.423 e. The number of alkyl halides is 3. The maximum atomic E-state index is 13.4. The second kappa shape index (κ2) is 6.23. The minimum absolute atomic E-state index is 0.155. The average Bonchev–Trinajstić information content (AvgIpc) is 2.96. The number of hydrogen-bond acceptors (Lipinski definition) is 4. The van der Waals surface area contributed by atoms with Gasteiger partial charge in [-0.1, -0.05) is 12.7 Å². The van der Waals surface area contributed by atoms with Gasteiger partial charge in [-0.3, -0.25) is 0 Å². The van der Waals surface area contributed by atoms with Gasteiger partial charge in [0.05, 0.1) is 17.3 Å². The van der Waals surface area contributed by atoms with E-state index >= 15 is 0 Å². The Balaban J connectivity index is 2.29. The molecular formula is C15H16BF3N2O3. The summed E-state index contributed by atoms with van der Waals surface area (Å²) in [5, 5.41) is 23.6. The van der Waals surface area contributed by atoms with Gasteiger partial charge in [0.1, 0.15) is 0 Å². The molecule has 0 radical (unpaired) electrons. The van der Waals surface area contributed by atoms with Gasteiger partial charge >= 0.3 is 13.3 Å². The van der Waals surface area contributed by atoms with E-state index in [1.165, 1.54) is 10.9 Å². The van der Waals surface area contributed by atoms with Crippen LogP contribution in [-0.2, 0) is 10.9 Å². The Labute approximate surface area is 136 Å². The van der Waals surface area contributed by atoms with Crippen molar-refractivity contribution < 1.29 is 28.0 Å². The Hall–Kier alpha value is -1.84. The van der Waals surface area contributed by atoms with Crippen molar-refractivity contribution in [3.8, 4) is 0 Å². The number of halogens is 3. The number of hydrogen-bond donors (Lipinski definition) is 2. The molecular weight excluding hydrogens is 324 g/mol. The Morgan fingerprint density at radius 1 is 1.38 bits per heavy atom. The lowest BCUT2D eigenvalue weighted by Crippen LogP contribution is -2.34. The first-order chi connectivity index (χ1) is 11.3. The van der Waals surface area contributed by atoms with Gasteiger partial charge in [-0.15, -0.1) is 0 Å². The van der Waals surface area contributed by atoms with Crippen LogP contribution in [0.5, 0.6) is 0 Å². The number of fused-ring (bicyclic) bond motifs is 1. The minimum atomic E-state index is -4.66. The summed E-state index contributed by atoms with van der Waals surface area (Å²) >= 11 is 0. The zero-order valence-corrected chi connectivity index (χ0v) is 12.8. The van der Waals surface area contributed by atoms with E-state index in [0.717, 1.165) is 25.0 Å². The fourth-order valence-electron chi connectivity index (χ4n) is 3.11. The van der Waals surface area contributed by atoms with Crippen LogP contribution in [0, 0.1) is 0 Å². The van der Waals surface area contributed by atoms with Crippen molar-refractivity contribution in [3.05, 3.63) is 30.0 Å². The summed E-state index contributed by atoms with van der Waals surface area (Å²) < 4.78 is 47.2. The second-order valence-electron chi connectivity index (χ2n) is 5.67. The maximum Gasteiger partial charge on any atom is 0.489 e. The molecule has 0 saturated carbocycles. The first-order valence-corrected chi connectivity index (χ1v) is 7.56. The number of rotatable bonds is 3. The lowest BCUT2D eigenvalue weighted by Gasteiger charge is -2.24. The first kappa shape index (κ1) is 17.0. The monoisotopic (exact) mass is 340 g/mol. The molecule has 128 valence electrons. The molecule has 2 heterocycles. The Kier molecular flexibility index (Phi) is 4.41. The summed E-state index contributed by atoms with van der Waals surface area (Å²) in [7, 11) is -2.08. The zero-order chi connectivity index (χ0) is 17.5. The van der Waals surface area contributed by atoms with Crippen LogP contribution in [0.15, 0.2) is 18.8 Å². The van der Waals surface area contributed by atoms with Crippen LogP contribution in [0.25, 0.3) is 17.0 Å². The van der Waals surface area contributed by atoms with Gasteiger partial charge in [-0.25, -0.2) is 4.68 Å². The van der Waals surface area contributed by atoms with E-state index < -0.39 is 25.1 Å². The van der Waals surface area contributed by atoms with E-state index in [2.05, 4.69) is 11.7 Å². The number of nitrogens with zero attached hydrogens (tertiary/aromatic N) is 2. The van der Waals surface area contributed by atoms with E-state index in [1.807, 2.05) is 0 Å².